The van der Waals surface area contributed by atoms with Crippen molar-refractivity contribution in [1.82, 2.24) is 0 Å². The molecular weight excluding hydrogens is 859 g/mol. The molecule has 0 saturated carbocycles. The van der Waals surface area contributed by atoms with Crippen molar-refractivity contribution in [3.05, 3.63) is 118 Å². The van der Waals surface area contributed by atoms with Gasteiger partial charge in [0, 0.05) is 120 Å². The summed E-state index contributed by atoms with van der Waals surface area (Å²) < 4.78 is 28.7. The zero-order valence-electron chi connectivity index (χ0n) is 22.8. The summed E-state index contributed by atoms with van der Waals surface area (Å²) in [6, 6.07) is 23.7. The van der Waals surface area contributed by atoms with Gasteiger partial charge < -0.3 is 0 Å². The first kappa shape index (κ1) is 41.7. The van der Waals surface area contributed by atoms with Crippen molar-refractivity contribution in [2.24, 2.45) is 0 Å². The smallest absolute Gasteiger partial charge is 0.224 e. The van der Waals surface area contributed by atoms with Gasteiger partial charge in [-0.15, -0.1) is 0 Å². The molecule has 0 spiro atoms. The molecule has 48 heavy (non-hydrogen) atoms. The molecule has 244 valence electrons. The average Bonchev–Trinajstić information content (AvgIpc) is 3.11. The summed E-state index contributed by atoms with van der Waals surface area (Å²) >= 11 is 9.40. The van der Waals surface area contributed by atoms with Crippen LogP contribution in [0.1, 0.15) is 18.6 Å². The SMILES string of the molecule is C.S=S=S=S=S=S=S=S=S=S=S=S=S.[C-]#[N+]c1cc(-c2ccccc2-c2ccccc2-c2cc(C#N)c(F)c([N+]#[C-])c2)cc(C#N)c1F. The van der Waals surface area contributed by atoms with Crippen LogP contribution in [0.15, 0.2) is 72.8 Å². The fourth-order valence-electron chi connectivity index (χ4n) is 3.90. The summed E-state index contributed by atoms with van der Waals surface area (Å²) in [4.78, 5) is 6.42. The molecule has 4 aromatic carbocycles. The molecule has 4 rings (SSSR count). The van der Waals surface area contributed by atoms with Gasteiger partial charge in [-0.3, -0.25) is 0 Å². The van der Waals surface area contributed by atoms with E-state index in [1.54, 1.807) is 116 Å². The summed E-state index contributed by atoms with van der Waals surface area (Å²) in [5.41, 5.74) is 2.77. The predicted molar refractivity (Wildman–Crippen MR) is 227 cm³/mol. The van der Waals surface area contributed by atoms with Crippen LogP contribution in [0.2, 0.25) is 0 Å². The van der Waals surface area contributed by atoms with E-state index in [9.17, 15) is 19.3 Å². The summed E-state index contributed by atoms with van der Waals surface area (Å²) in [7, 11) is 18.1. The molecule has 0 amide bonds. The van der Waals surface area contributed by atoms with Gasteiger partial charge in [0.25, 0.3) is 0 Å². The summed E-state index contributed by atoms with van der Waals surface area (Å²) in [6.45, 7) is 14.5. The van der Waals surface area contributed by atoms with Crippen LogP contribution in [0, 0.1) is 47.4 Å². The molecule has 0 atom stereocenters. The van der Waals surface area contributed by atoms with Gasteiger partial charge in [-0.25, -0.2) is 18.5 Å². The Morgan fingerprint density at radius 3 is 1.15 bits per heavy atom. The second-order valence-corrected chi connectivity index (χ2v) is 27.5. The quantitative estimate of drug-likeness (QED) is 0.194. The molecule has 19 heteroatoms. The standard InChI is InChI=1S/C28H12F2N4.CH4.S13/c1-33-25-13-17(11-19(15-31)27(25)29)21-7-3-5-9-23(21)24-10-6-4-8-22(24)18-12-20(16-32)28(30)26(14-18)34-2;;1-3-5-7-9-11-13-12-10-8-6-4-2/h3-14H;1H4;. The Bertz CT molecular complexity index is 2310. The van der Waals surface area contributed by atoms with Crippen LogP contribution in [-0.4, -0.2) is 0 Å². The van der Waals surface area contributed by atoms with Gasteiger partial charge in [0.15, 0.2) is 0 Å². The third kappa shape index (κ3) is 11.9. The van der Waals surface area contributed by atoms with Crippen LogP contribution in [0.5, 0.6) is 0 Å². The van der Waals surface area contributed by atoms with Crippen molar-refractivity contribution in [2.45, 2.75) is 7.43 Å². The Morgan fingerprint density at radius 1 is 0.542 bits per heavy atom. The van der Waals surface area contributed by atoms with E-state index < -0.39 is 11.6 Å². The molecule has 4 nitrogen and oxygen atoms in total. The van der Waals surface area contributed by atoms with Gasteiger partial charge in [0.05, 0.1) is 24.3 Å². The summed E-state index contributed by atoms with van der Waals surface area (Å²) in [5, 5.41) is 18.7. The second-order valence-electron chi connectivity index (χ2n) is 8.00. The fraction of sp³-hybridized carbons (Fsp3) is 0.0345. The minimum atomic E-state index is -0.860. The summed E-state index contributed by atoms with van der Waals surface area (Å²) in [6.07, 6.45) is 0. The lowest BCUT2D eigenvalue weighted by atomic mass is 9.88. The Balaban J connectivity index is 0.000000488. The maximum absolute atomic E-state index is 14.3. The third-order valence-corrected chi connectivity index (χ3v) is 27.9. The molecule has 0 fully saturated rings. The van der Waals surface area contributed by atoms with E-state index in [2.05, 4.69) is 9.69 Å². The highest BCUT2D eigenvalue weighted by molar-refractivity contribution is 8.75. The number of hydrogen-bond donors (Lipinski definition) is 0. The van der Waals surface area contributed by atoms with Crippen molar-refractivity contribution in [3.63, 3.8) is 0 Å². The Labute approximate surface area is 318 Å². The van der Waals surface area contributed by atoms with Crippen molar-refractivity contribution < 1.29 is 8.78 Å². The van der Waals surface area contributed by atoms with Gasteiger partial charge in [0.1, 0.15) is 23.8 Å². The van der Waals surface area contributed by atoms with Crippen molar-refractivity contribution in [1.29, 1.82) is 10.5 Å². The van der Waals surface area contributed by atoms with Crippen LogP contribution >= 0.6 is 0 Å². The molecule has 0 saturated heterocycles. The largest absolute Gasteiger partial charge is 0.235 e. The highest BCUT2D eigenvalue weighted by atomic mass is 33.5. The minimum absolute atomic E-state index is 0. The van der Waals surface area contributed by atoms with Crippen molar-refractivity contribution >= 4 is 131 Å². The van der Waals surface area contributed by atoms with E-state index >= 15 is 0 Å². The molecule has 0 bridgehead atoms. The molecule has 0 aliphatic heterocycles. The monoisotopic (exact) mass is 874 g/mol. The molecule has 0 unspecified atom stereocenters. The van der Waals surface area contributed by atoms with E-state index in [-0.39, 0.29) is 29.9 Å². The number of nitrogens with zero attached hydrogens (tertiary/aromatic N) is 4. The first-order valence-corrected chi connectivity index (χ1v) is 27.9. The Morgan fingerprint density at radius 2 is 0.854 bits per heavy atom. The molecule has 0 N–H and O–H groups in total. The molecule has 0 aliphatic rings. The average molecular weight is 875 g/mol. The molecule has 4 aromatic rings. The first-order valence-electron chi connectivity index (χ1n) is 11.9. The fourth-order valence-corrected chi connectivity index (χ4v) is 28.6. The van der Waals surface area contributed by atoms with E-state index in [4.69, 9.17) is 35.5 Å². The topological polar surface area (TPSA) is 56.3 Å². The van der Waals surface area contributed by atoms with Crippen molar-refractivity contribution in [3.8, 4) is 45.5 Å². The van der Waals surface area contributed by atoms with E-state index in [0.29, 0.717) is 22.3 Å². The maximum atomic E-state index is 14.3. The lowest BCUT2D eigenvalue weighted by Crippen LogP contribution is -1.92. The number of halogens is 2. The predicted octanol–water partition coefficient (Wildman–Crippen LogP) is 8.42. The number of hydrogen-bond acceptors (Lipinski definition) is 4. The lowest BCUT2D eigenvalue weighted by Gasteiger charge is -2.16. The van der Waals surface area contributed by atoms with Gasteiger partial charge in [-0.2, -0.15) is 10.5 Å². The maximum Gasteiger partial charge on any atom is 0.224 e. The molecule has 0 aliphatic carbocycles. The molecule has 0 radical (unpaired) electrons. The minimum Gasteiger partial charge on any atom is -0.235 e. The van der Waals surface area contributed by atoms with Crippen LogP contribution in [0.3, 0.4) is 0 Å². The Kier molecular flexibility index (Phi) is 20.0. The van der Waals surface area contributed by atoms with E-state index in [1.165, 1.54) is 42.0 Å². The highest BCUT2D eigenvalue weighted by Gasteiger charge is 2.18. The second kappa shape index (κ2) is 23.1. The Hall–Kier alpha value is -2.44. The molecule has 0 aromatic heterocycles. The highest BCUT2D eigenvalue weighted by Crippen LogP contribution is 2.41. The number of rotatable bonds is 3. The zero-order chi connectivity index (χ0) is 34.0. The first-order chi connectivity index (χ1) is 22.9. The van der Waals surface area contributed by atoms with Crippen molar-refractivity contribution in [2.75, 3.05) is 0 Å². The lowest BCUT2D eigenvalue weighted by molar-refractivity contribution is 0.629. The molecule has 0 heterocycles. The summed E-state index contributed by atoms with van der Waals surface area (Å²) in [5.74, 6) is -1.72. The van der Waals surface area contributed by atoms with Gasteiger partial charge in [-0.05, 0) is 57.6 Å². The van der Waals surface area contributed by atoms with Gasteiger partial charge in [-0.1, -0.05) is 56.0 Å². The van der Waals surface area contributed by atoms with Crippen LogP contribution in [-0.2, 0) is 120 Å². The van der Waals surface area contributed by atoms with E-state index in [1.807, 2.05) is 24.3 Å². The zero-order valence-corrected chi connectivity index (χ0v) is 33.4. The molecular formula is C29H16F2N4S13. The normalized spacial score (nSPS) is 8.96. The third-order valence-electron chi connectivity index (χ3n) is 5.63. The van der Waals surface area contributed by atoms with Crippen LogP contribution in [0.25, 0.3) is 43.1 Å². The number of benzene rings is 4. The van der Waals surface area contributed by atoms with Crippen LogP contribution in [0.4, 0.5) is 20.2 Å². The van der Waals surface area contributed by atoms with E-state index in [0.717, 1.165) is 11.1 Å². The number of nitriles is 2. The van der Waals surface area contributed by atoms with Gasteiger partial charge in [0.2, 0.25) is 11.4 Å². The van der Waals surface area contributed by atoms with Crippen LogP contribution < -0.4 is 0 Å². The van der Waals surface area contributed by atoms with Gasteiger partial charge >= 0.3 is 0 Å².